The zero-order valence-electron chi connectivity index (χ0n) is 10.1. The van der Waals surface area contributed by atoms with Crippen LogP contribution in [0, 0.1) is 12.3 Å². The first kappa shape index (κ1) is 11.8. The average Bonchev–Trinajstić information content (AvgIpc) is 2.93. The maximum absolute atomic E-state index is 5.60. The Morgan fingerprint density at radius 1 is 1.24 bits per heavy atom. The van der Waals surface area contributed by atoms with Crippen LogP contribution in [0.25, 0.3) is 0 Å². The molecular formula is C14H16O3. The second-order valence-electron chi connectivity index (χ2n) is 4.49. The van der Waals surface area contributed by atoms with Gasteiger partial charge in [-0.1, -0.05) is 5.92 Å². The van der Waals surface area contributed by atoms with Gasteiger partial charge in [-0.15, -0.1) is 6.42 Å². The molecule has 1 atom stereocenters. The van der Waals surface area contributed by atoms with Gasteiger partial charge in [0.1, 0.15) is 30.8 Å². The first-order chi connectivity index (χ1) is 8.12. The molecule has 0 spiro atoms. The molecule has 2 rings (SSSR count). The van der Waals surface area contributed by atoms with Crippen molar-refractivity contribution in [3.8, 4) is 23.8 Å². The van der Waals surface area contributed by atoms with E-state index in [1.165, 1.54) is 0 Å². The van der Waals surface area contributed by atoms with Crippen molar-refractivity contribution in [2.24, 2.45) is 0 Å². The van der Waals surface area contributed by atoms with Gasteiger partial charge in [-0.3, -0.25) is 0 Å². The molecule has 3 nitrogen and oxygen atoms in total. The average molecular weight is 232 g/mol. The van der Waals surface area contributed by atoms with Crippen LogP contribution in [0.1, 0.15) is 13.8 Å². The lowest BCUT2D eigenvalue weighted by atomic mass is 10.1. The van der Waals surface area contributed by atoms with Gasteiger partial charge in [-0.2, -0.15) is 0 Å². The highest BCUT2D eigenvalue weighted by Crippen LogP contribution is 2.35. The summed E-state index contributed by atoms with van der Waals surface area (Å²) in [6.45, 7) is 4.97. The van der Waals surface area contributed by atoms with E-state index < -0.39 is 0 Å². The van der Waals surface area contributed by atoms with Crippen molar-refractivity contribution in [3.63, 3.8) is 0 Å². The van der Waals surface area contributed by atoms with Crippen LogP contribution in [0.3, 0.4) is 0 Å². The molecule has 0 bridgehead atoms. The minimum absolute atomic E-state index is 0.0319. The first-order valence-corrected chi connectivity index (χ1v) is 5.59. The highest BCUT2D eigenvalue weighted by atomic mass is 16.6. The molecule has 1 unspecified atom stereocenters. The minimum atomic E-state index is -0.0319. The summed E-state index contributed by atoms with van der Waals surface area (Å²) in [7, 11) is 0. The zero-order valence-corrected chi connectivity index (χ0v) is 10.1. The van der Waals surface area contributed by atoms with E-state index in [0.717, 1.165) is 11.5 Å². The third kappa shape index (κ3) is 3.15. The molecule has 90 valence electrons. The highest BCUT2D eigenvalue weighted by Gasteiger charge is 2.48. The second-order valence-corrected chi connectivity index (χ2v) is 4.49. The van der Waals surface area contributed by atoms with E-state index in [2.05, 4.69) is 19.8 Å². The highest BCUT2D eigenvalue weighted by molar-refractivity contribution is 5.31. The van der Waals surface area contributed by atoms with Gasteiger partial charge in [0.15, 0.2) is 0 Å². The number of epoxide rings is 1. The molecule has 1 aliphatic heterocycles. The lowest BCUT2D eigenvalue weighted by Crippen LogP contribution is -2.12. The molecule has 0 aromatic heterocycles. The molecule has 1 aromatic carbocycles. The molecule has 0 N–H and O–H groups in total. The Balaban J connectivity index is 1.80. The SMILES string of the molecule is C#CCOc1ccc(OCC2OC2(C)C)cc1. The Labute approximate surface area is 102 Å². The van der Waals surface area contributed by atoms with Gasteiger partial charge in [0.05, 0.1) is 5.60 Å². The second kappa shape index (κ2) is 4.68. The van der Waals surface area contributed by atoms with E-state index in [4.69, 9.17) is 20.6 Å². The molecule has 1 aliphatic rings. The maximum Gasteiger partial charge on any atom is 0.148 e. The number of benzene rings is 1. The Hall–Kier alpha value is -1.66. The van der Waals surface area contributed by atoms with E-state index >= 15 is 0 Å². The van der Waals surface area contributed by atoms with E-state index in [1.807, 2.05) is 24.3 Å². The Morgan fingerprint density at radius 2 is 1.76 bits per heavy atom. The maximum atomic E-state index is 5.60. The van der Waals surface area contributed by atoms with Crippen LogP contribution in [0.2, 0.25) is 0 Å². The third-order valence-corrected chi connectivity index (χ3v) is 2.71. The summed E-state index contributed by atoms with van der Waals surface area (Å²) in [5.74, 6) is 3.98. The molecule has 0 saturated carbocycles. The molecule has 1 saturated heterocycles. The van der Waals surface area contributed by atoms with E-state index in [1.54, 1.807) is 0 Å². The molecular weight excluding hydrogens is 216 g/mol. The molecule has 1 fully saturated rings. The fraction of sp³-hybridized carbons (Fsp3) is 0.429. The van der Waals surface area contributed by atoms with E-state index in [-0.39, 0.29) is 18.3 Å². The van der Waals surface area contributed by atoms with Crippen molar-refractivity contribution in [2.75, 3.05) is 13.2 Å². The van der Waals surface area contributed by atoms with Gasteiger partial charge >= 0.3 is 0 Å². The predicted octanol–water partition coefficient (Wildman–Crippen LogP) is 2.25. The summed E-state index contributed by atoms with van der Waals surface area (Å²) in [6, 6.07) is 7.40. The van der Waals surface area contributed by atoms with Gasteiger partial charge < -0.3 is 14.2 Å². The minimum Gasteiger partial charge on any atom is -0.491 e. The summed E-state index contributed by atoms with van der Waals surface area (Å²) >= 11 is 0. The molecule has 1 aromatic rings. The number of hydrogen-bond acceptors (Lipinski definition) is 3. The Kier molecular flexibility index (Phi) is 3.26. The smallest absolute Gasteiger partial charge is 0.148 e. The van der Waals surface area contributed by atoms with Gasteiger partial charge in [0.2, 0.25) is 0 Å². The van der Waals surface area contributed by atoms with Crippen molar-refractivity contribution < 1.29 is 14.2 Å². The van der Waals surface area contributed by atoms with Crippen LogP contribution in [0.5, 0.6) is 11.5 Å². The third-order valence-electron chi connectivity index (χ3n) is 2.71. The van der Waals surface area contributed by atoms with Crippen LogP contribution >= 0.6 is 0 Å². The van der Waals surface area contributed by atoms with Gasteiger partial charge in [-0.25, -0.2) is 0 Å². The normalized spacial score (nSPS) is 20.4. The summed E-state index contributed by atoms with van der Waals surface area (Å²) in [4.78, 5) is 0. The van der Waals surface area contributed by atoms with Crippen molar-refractivity contribution >= 4 is 0 Å². The molecule has 0 amide bonds. The summed E-state index contributed by atoms with van der Waals surface area (Å²) in [6.07, 6.45) is 5.30. The standard InChI is InChI=1S/C14H16O3/c1-4-9-15-11-5-7-12(8-6-11)16-10-13-14(2,3)17-13/h1,5-8,13H,9-10H2,2-3H3. The summed E-state index contributed by atoms with van der Waals surface area (Å²) in [5, 5.41) is 0. The number of ether oxygens (including phenoxy) is 3. The van der Waals surface area contributed by atoms with Crippen molar-refractivity contribution in [1.82, 2.24) is 0 Å². The van der Waals surface area contributed by atoms with Crippen LogP contribution in [0.4, 0.5) is 0 Å². The number of rotatable bonds is 5. The predicted molar refractivity (Wildman–Crippen MR) is 65.2 cm³/mol. The fourth-order valence-corrected chi connectivity index (χ4v) is 1.50. The Bertz CT molecular complexity index is 414. The number of hydrogen-bond donors (Lipinski definition) is 0. The van der Waals surface area contributed by atoms with Gasteiger partial charge in [0, 0.05) is 0 Å². The summed E-state index contributed by atoms with van der Waals surface area (Å²) < 4.78 is 16.3. The monoisotopic (exact) mass is 232 g/mol. The number of terminal acetylenes is 1. The molecule has 1 heterocycles. The van der Waals surface area contributed by atoms with Crippen LogP contribution in [-0.2, 0) is 4.74 Å². The first-order valence-electron chi connectivity index (χ1n) is 5.59. The lowest BCUT2D eigenvalue weighted by molar-refractivity contribution is 0.254. The molecule has 0 radical (unpaired) electrons. The van der Waals surface area contributed by atoms with E-state index in [9.17, 15) is 0 Å². The van der Waals surface area contributed by atoms with Gasteiger partial charge in [-0.05, 0) is 38.1 Å². The molecule has 3 heteroatoms. The topological polar surface area (TPSA) is 31.0 Å². The zero-order chi connectivity index (χ0) is 12.3. The molecule has 0 aliphatic carbocycles. The quantitative estimate of drug-likeness (QED) is 0.576. The van der Waals surface area contributed by atoms with Crippen molar-refractivity contribution in [3.05, 3.63) is 24.3 Å². The van der Waals surface area contributed by atoms with Crippen molar-refractivity contribution in [2.45, 2.75) is 25.6 Å². The lowest BCUT2D eigenvalue weighted by Gasteiger charge is -2.06. The van der Waals surface area contributed by atoms with E-state index in [0.29, 0.717) is 6.61 Å². The largest absolute Gasteiger partial charge is 0.491 e. The van der Waals surface area contributed by atoms with Crippen molar-refractivity contribution in [1.29, 1.82) is 0 Å². The van der Waals surface area contributed by atoms with Gasteiger partial charge in [0.25, 0.3) is 0 Å². The molecule has 17 heavy (non-hydrogen) atoms. The Morgan fingerprint density at radius 3 is 2.24 bits per heavy atom. The summed E-state index contributed by atoms with van der Waals surface area (Å²) in [5.41, 5.74) is -0.0319. The van der Waals surface area contributed by atoms with Crippen LogP contribution in [-0.4, -0.2) is 24.9 Å². The van der Waals surface area contributed by atoms with Crippen LogP contribution in [0.15, 0.2) is 24.3 Å². The van der Waals surface area contributed by atoms with Crippen LogP contribution < -0.4 is 9.47 Å². The fourth-order valence-electron chi connectivity index (χ4n) is 1.50.